The van der Waals surface area contributed by atoms with E-state index in [0.29, 0.717) is 13.2 Å². The van der Waals surface area contributed by atoms with Crippen LogP contribution in [0.1, 0.15) is 36.4 Å². The van der Waals surface area contributed by atoms with Crippen molar-refractivity contribution in [3.63, 3.8) is 0 Å². The number of anilines is 1. The predicted molar refractivity (Wildman–Crippen MR) is 108 cm³/mol. The minimum absolute atomic E-state index is 0.274. The zero-order valence-corrected chi connectivity index (χ0v) is 15.8. The van der Waals surface area contributed by atoms with Crippen LogP contribution in [0.3, 0.4) is 0 Å². The number of thiocarbonyl (C=S) groups is 1. The highest BCUT2D eigenvalue weighted by Gasteiger charge is 2.29. The third kappa shape index (κ3) is 3.49. The van der Waals surface area contributed by atoms with E-state index in [1.54, 1.807) is 0 Å². The summed E-state index contributed by atoms with van der Waals surface area (Å²) in [6.45, 7) is 4.48. The fourth-order valence-electron chi connectivity index (χ4n) is 3.64. The lowest BCUT2D eigenvalue weighted by Crippen LogP contribution is -2.34. The lowest BCUT2D eigenvalue weighted by molar-refractivity contribution is 0.296. The molecule has 2 aliphatic rings. The maximum atomic E-state index is 5.86. The van der Waals surface area contributed by atoms with Crippen LogP contribution >= 0.6 is 12.2 Å². The van der Waals surface area contributed by atoms with E-state index in [1.807, 2.05) is 18.2 Å². The molecule has 1 atom stereocenters. The quantitative estimate of drug-likeness (QED) is 0.778. The van der Waals surface area contributed by atoms with Crippen molar-refractivity contribution in [3.05, 3.63) is 53.6 Å². The highest BCUT2D eigenvalue weighted by molar-refractivity contribution is 7.80. The molecular weight excluding hydrogens is 344 g/mol. The van der Waals surface area contributed by atoms with Gasteiger partial charge in [-0.2, -0.15) is 0 Å². The molecular formula is C21H24N2O2S. The van der Waals surface area contributed by atoms with Crippen molar-refractivity contribution < 1.29 is 9.47 Å². The van der Waals surface area contributed by atoms with Gasteiger partial charge in [0.1, 0.15) is 0 Å². The van der Waals surface area contributed by atoms with Gasteiger partial charge in [0.25, 0.3) is 0 Å². The number of aryl methyl sites for hydroxylation is 1. The van der Waals surface area contributed by atoms with Gasteiger partial charge in [0.05, 0.1) is 19.3 Å². The molecule has 0 spiro atoms. The maximum Gasteiger partial charge on any atom is 0.173 e. The van der Waals surface area contributed by atoms with Gasteiger partial charge in [0.15, 0.2) is 16.6 Å². The van der Waals surface area contributed by atoms with E-state index in [0.717, 1.165) is 48.1 Å². The Kier molecular flexibility index (Phi) is 4.98. The number of ether oxygens (including phenoxy) is 2. The Morgan fingerprint density at radius 2 is 1.88 bits per heavy atom. The normalized spacial score (nSPS) is 19.1. The van der Waals surface area contributed by atoms with E-state index in [1.165, 1.54) is 11.1 Å². The van der Waals surface area contributed by atoms with Gasteiger partial charge in [-0.05, 0) is 61.3 Å². The third-order valence-electron chi connectivity index (χ3n) is 5.06. The summed E-state index contributed by atoms with van der Waals surface area (Å²) in [6, 6.07) is 14.8. The number of nitrogens with one attached hydrogen (secondary N) is 1. The fraction of sp³-hybridized carbons (Fsp3) is 0.381. The summed E-state index contributed by atoms with van der Waals surface area (Å²) in [4.78, 5) is 2.29. The van der Waals surface area contributed by atoms with Gasteiger partial charge in [-0.3, -0.25) is 0 Å². The summed E-state index contributed by atoms with van der Waals surface area (Å²) in [5.74, 6) is 1.70. The molecule has 5 heteroatoms. The van der Waals surface area contributed by atoms with E-state index in [4.69, 9.17) is 21.7 Å². The van der Waals surface area contributed by atoms with Crippen molar-refractivity contribution in [2.75, 3.05) is 25.1 Å². The maximum absolute atomic E-state index is 5.86. The number of hydrogen-bond acceptors (Lipinski definition) is 3. The minimum Gasteiger partial charge on any atom is -0.490 e. The van der Waals surface area contributed by atoms with Crippen molar-refractivity contribution in [2.45, 2.75) is 32.2 Å². The lowest BCUT2D eigenvalue weighted by Gasteiger charge is -2.28. The van der Waals surface area contributed by atoms with Crippen molar-refractivity contribution in [2.24, 2.45) is 0 Å². The molecule has 2 aromatic carbocycles. The topological polar surface area (TPSA) is 33.7 Å². The zero-order chi connectivity index (χ0) is 17.9. The third-order valence-corrected chi connectivity index (χ3v) is 5.39. The first-order chi connectivity index (χ1) is 12.7. The smallest absolute Gasteiger partial charge is 0.173 e. The predicted octanol–water partition coefficient (Wildman–Crippen LogP) is 4.69. The second-order valence-electron chi connectivity index (χ2n) is 6.85. The van der Waals surface area contributed by atoms with Gasteiger partial charge < -0.3 is 19.7 Å². The van der Waals surface area contributed by atoms with Crippen molar-refractivity contribution in [3.8, 4) is 11.5 Å². The molecule has 136 valence electrons. The monoisotopic (exact) mass is 368 g/mol. The summed E-state index contributed by atoms with van der Waals surface area (Å²) in [7, 11) is 0. The second kappa shape index (κ2) is 7.54. The van der Waals surface area contributed by atoms with Crippen LogP contribution in [0.2, 0.25) is 0 Å². The molecule has 0 bridgehead atoms. The van der Waals surface area contributed by atoms with Gasteiger partial charge in [-0.1, -0.05) is 24.3 Å². The average Bonchev–Trinajstić information content (AvgIpc) is 3.02. The number of fused-ring (bicyclic) bond motifs is 1. The van der Waals surface area contributed by atoms with Crippen LogP contribution in [-0.4, -0.2) is 29.8 Å². The van der Waals surface area contributed by atoms with Crippen LogP contribution in [0.4, 0.5) is 5.69 Å². The number of benzene rings is 2. The standard InChI is InChI=1S/C21H24N2O2S/c1-15-6-2-3-7-17(15)22-21(26)23-11-4-8-18(23)16-9-10-19-20(14-16)25-13-5-12-24-19/h2-3,6-7,9-10,14,18H,4-5,8,11-13H2,1H3,(H,22,26)/t18-/m0/s1. The summed E-state index contributed by atoms with van der Waals surface area (Å²) >= 11 is 5.73. The van der Waals surface area contributed by atoms with E-state index >= 15 is 0 Å². The molecule has 0 amide bonds. The van der Waals surface area contributed by atoms with Gasteiger partial charge in [-0.25, -0.2) is 0 Å². The first-order valence-corrected chi connectivity index (χ1v) is 9.66. The van der Waals surface area contributed by atoms with Crippen LogP contribution in [-0.2, 0) is 0 Å². The Morgan fingerprint density at radius 3 is 2.73 bits per heavy atom. The van der Waals surface area contributed by atoms with Crippen LogP contribution < -0.4 is 14.8 Å². The summed E-state index contributed by atoms with van der Waals surface area (Å²) in [6.07, 6.45) is 3.15. The van der Waals surface area contributed by atoms with E-state index in [-0.39, 0.29) is 6.04 Å². The zero-order valence-electron chi connectivity index (χ0n) is 15.0. The molecule has 2 aliphatic heterocycles. The Bertz CT molecular complexity index is 808. The molecule has 26 heavy (non-hydrogen) atoms. The SMILES string of the molecule is Cc1ccccc1NC(=S)N1CCC[C@H]1c1ccc2c(c1)OCCCO2. The molecule has 1 N–H and O–H groups in total. The lowest BCUT2D eigenvalue weighted by atomic mass is 10.0. The summed E-state index contributed by atoms with van der Waals surface area (Å²) in [5, 5.41) is 4.21. The Morgan fingerprint density at radius 1 is 1.08 bits per heavy atom. The number of rotatable bonds is 2. The van der Waals surface area contributed by atoms with Crippen molar-refractivity contribution in [1.29, 1.82) is 0 Å². The summed E-state index contributed by atoms with van der Waals surface area (Å²) in [5.41, 5.74) is 3.50. The van der Waals surface area contributed by atoms with E-state index < -0.39 is 0 Å². The number of nitrogens with zero attached hydrogens (tertiary/aromatic N) is 1. The number of para-hydroxylation sites is 1. The molecule has 4 rings (SSSR count). The Balaban J connectivity index is 1.54. The van der Waals surface area contributed by atoms with Gasteiger partial charge >= 0.3 is 0 Å². The minimum atomic E-state index is 0.274. The fourth-order valence-corrected chi connectivity index (χ4v) is 3.97. The first-order valence-electron chi connectivity index (χ1n) is 9.25. The molecule has 0 aliphatic carbocycles. The van der Waals surface area contributed by atoms with Gasteiger partial charge in [0.2, 0.25) is 0 Å². The molecule has 2 aromatic rings. The first kappa shape index (κ1) is 17.2. The Hall–Kier alpha value is -2.27. The average molecular weight is 369 g/mol. The van der Waals surface area contributed by atoms with Crippen molar-refractivity contribution in [1.82, 2.24) is 4.90 Å². The second-order valence-corrected chi connectivity index (χ2v) is 7.24. The molecule has 0 unspecified atom stereocenters. The molecule has 1 fully saturated rings. The van der Waals surface area contributed by atoms with Gasteiger partial charge in [0, 0.05) is 18.7 Å². The molecule has 1 saturated heterocycles. The van der Waals surface area contributed by atoms with Crippen LogP contribution in [0.15, 0.2) is 42.5 Å². The molecule has 2 heterocycles. The van der Waals surface area contributed by atoms with Crippen LogP contribution in [0.5, 0.6) is 11.5 Å². The molecule has 0 radical (unpaired) electrons. The van der Waals surface area contributed by atoms with E-state index in [9.17, 15) is 0 Å². The molecule has 0 aromatic heterocycles. The Labute approximate surface area is 160 Å². The number of likely N-dealkylation sites (tertiary alicyclic amines) is 1. The van der Waals surface area contributed by atoms with Crippen LogP contribution in [0.25, 0.3) is 0 Å². The largest absolute Gasteiger partial charge is 0.490 e. The highest BCUT2D eigenvalue weighted by atomic mass is 32.1. The number of hydrogen-bond donors (Lipinski definition) is 1. The van der Waals surface area contributed by atoms with Gasteiger partial charge in [-0.15, -0.1) is 0 Å². The molecule has 0 saturated carbocycles. The van der Waals surface area contributed by atoms with Crippen LogP contribution in [0, 0.1) is 6.92 Å². The molecule has 4 nitrogen and oxygen atoms in total. The van der Waals surface area contributed by atoms with E-state index in [2.05, 4.69) is 41.4 Å². The summed E-state index contributed by atoms with van der Waals surface area (Å²) < 4.78 is 11.6. The highest BCUT2D eigenvalue weighted by Crippen LogP contribution is 2.38. The van der Waals surface area contributed by atoms with Crippen molar-refractivity contribution >= 4 is 23.0 Å².